The van der Waals surface area contributed by atoms with Crippen molar-refractivity contribution in [3.63, 3.8) is 0 Å². The Morgan fingerprint density at radius 2 is 1.89 bits per heavy atom. The number of anilines is 1. The first-order valence-electron chi connectivity index (χ1n) is 8.45. The molecule has 0 unspecified atom stereocenters. The molecule has 0 radical (unpaired) electrons. The van der Waals surface area contributed by atoms with Crippen molar-refractivity contribution in [2.75, 3.05) is 11.9 Å². The van der Waals surface area contributed by atoms with Gasteiger partial charge in [0.15, 0.2) is 11.2 Å². The number of nitrogens with one attached hydrogen (secondary N) is 1. The highest BCUT2D eigenvalue weighted by molar-refractivity contribution is 5.86. The molecule has 2 aromatic heterocycles. The Hall–Kier alpha value is -2.68. The predicted octanol–water partition coefficient (Wildman–Crippen LogP) is 2.80. The lowest BCUT2D eigenvalue weighted by molar-refractivity contribution is -0.303. The van der Waals surface area contributed by atoms with Crippen LogP contribution in [0.2, 0.25) is 0 Å². The molecule has 0 atom stereocenters. The zero-order valence-corrected chi connectivity index (χ0v) is 14.5. The van der Waals surface area contributed by atoms with Crippen LogP contribution in [0.3, 0.4) is 0 Å². The summed E-state index contributed by atoms with van der Waals surface area (Å²) in [5, 5.41) is 18.0. The van der Waals surface area contributed by atoms with Crippen LogP contribution in [0.4, 0.5) is 19.0 Å². The standard InChI is InChI=1S/C18H18F3N5O/c1-26-15-13(7-25-26)14(23-11-24-15)22-10-16(12-5-3-2-4-6-12)8-17(27,9-16)18(19,20)21/h2-7,11,27H,8-10H2,1H3,(H,22,23,24). The molecule has 1 aliphatic carbocycles. The third kappa shape index (κ3) is 2.82. The van der Waals surface area contributed by atoms with E-state index in [0.717, 1.165) is 5.56 Å². The van der Waals surface area contributed by atoms with Crippen molar-refractivity contribution in [1.29, 1.82) is 0 Å². The number of alkyl halides is 3. The summed E-state index contributed by atoms with van der Waals surface area (Å²) in [4.78, 5) is 8.35. The maximum Gasteiger partial charge on any atom is 0.417 e. The molecule has 2 heterocycles. The zero-order valence-electron chi connectivity index (χ0n) is 14.5. The Labute approximate surface area is 153 Å². The van der Waals surface area contributed by atoms with Crippen LogP contribution in [0.5, 0.6) is 0 Å². The van der Waals surface area contributed by atoms with Crippen molar-refractivity contribution in [2.24, 2.45) is 7.05 Å². The molecule has 0 saturated heterocycles. The van der Waals surface area contributed by atoms with Crippen LogP contribution < -0.4 is 5.32 Å². The van der Waals surface area contributed by atoms with Gasteiger partial charge in [-0.2, -0.15) is 18.3 Å². The lowest BCUT2D eigenvalue weighted by Crippen LogP contribution is -2.64. The van der Waals surface area contributed by atoms with Crippen LogP contribution in [0.1, 0.15) is 18.4 Å². The summed E-state index contributed by atoms with van der Waals surface area (Å²) in [6.45, 7) is 0.205. The number of aryl methyl sites for hydroxylation is 1. The first kappa shape index (κ1) is 17.7. The average Bonchev–Trinajstić information content (AvgIpc) is 2.99. The van der Waals surface area contributed by atoms with Crippen molar-refractivity contribution in [2.45, 2.75) is 30.0 Å². The summed E-state index contributed by atoms with van der Waals surface area (Å²) in [5.74, 6) is 0.505. The Balaban J connectivity index is 1.63. The topological polar surface area (TPSA) is 75.9 Å². The molecule has 1 aromatic carbocycles. The van der Waals surface area contributed by atoms with Gasteiger partial charge in [-0.15, -0.1) is 0 Å². The number of aromatic nitrogens is 4. The van der Waals surface area contributed by atoms with Crippen molar-refractivity contribution in [3.05, 3.63) is 48.4 Å². The largest absolute Gasteiger partial charge is 0.417 e. The molecule has 3 aromatic rings. The van der Waals surface area contributed by atoms with E-state index in [2.05, 4.69) is 20.4 Å². The SMILES string of the molecule is Cn1ncc2c(NCC3(c4ccccc4)CC(O)(C(F)(F)F)C3)ncnc21. The monoisotopic (exact) mass is 377 g/mol. The number of rotatable bonds is 4. The molecule has 6 nitrogen and oxygen atoms in total. The fraction of sp³-hybridized carbons (Fsp3) is 0.389. The van der Waals surface area contributed by atoms with E-state index in [1.807, 2.05) is 6.07 Å². The van der Waals surface area contributed by atoms with E-state index in [4.69, 9.17) is 0 Å². The summed E-state index contributed by atoms with van der Waals surface area (Å²) in [7, 11) is 1.75. The molecule has 0 spiro atoms. The molecule has 2 N–H and O–H groups in total. The zero-order chi connectivity index (χ0) is 19.3. The molecule has 9 heteroatoms. The highest BCUT2D eigenvalue weighted by Crippen LogP contribution is 2.56. The minimum atomic E-state index is -4.66. The number of hydrogen-bond acceptors (Lipinski definition) is 5. The van der Waals surface area contributed by atoms with Gasteiger partial charge in [-0.05, 0) is 18.4 Å². The average molecular weight is 377 g/mol. The van der Waals surface area contributed by atoms with Gasteiger partial charge in [0.05, 0.1) is 11.6 Å². The van der Waals surface area contributed by atoms with Gasteiger partial charge in [0.1, 0.15) is 12.1 Å². The van der Waals surface area contributed by atoms with Gasteiger partial charge in [-0.25, -0.2) is 9.97 Å². The van der Waals surface area contributed by atoms with Crippen molar-refractivity contribution in [1.82, 2.24) is 19.7 Å². The second kappa shape index (κ2) is 5.91. The second-order valence-corrected chi connectivity index (χ2v) is 7.11. The molecule has 0 aliphatic heterocycles. The summed E-state index contributed by atoms with van der Waals surface area (Å²) in [5.41, 5.74) is -2.13. The quantitative estimate of drug-likeness (QED) is 0.731. The molecule has 1 saturated carbocycles. The van der Waals surface area contributed by atoms with Crippen molar-refractivity contribution in [3.8, 4) is 0 Å². The fourth-order valence-corrected chi connectivity index (χ4v) is 3.85. The third-order valence-corrected chi connectivity index (χ3v) is 5.30. The van der Waals surface area contributed by atoms with E-state index in [0.29, 0.717) is 16.9 Å². The second-order valence-electron chi connectivity index (χ2n) is 7.11. The van der Waals surface area contributed by atoms with Crippen LogP contribution >= 0.6 is 0 Å². The summed E-state index contributed by atoms with van der Waals surface area (Å²) < 4.78 is 41.2. The van der Waals surface area contributed by atoms with Crippen LogP contribution in [0.25, 0.3) is 11.0 Å². The summed E-state index contributed by atoms with van der Waals surface area (Å²) in [6.07, 6.45) is -2.46. The molecule has 1 fully saturated rings. The van der Waals surface area contributed by atoms with E-state index in [9.17, 15) is 18.3 Å². The minimum Gasteiger partial charge on any atom is -0.380 e. The number of aliphatic hydroxyl groups is 1. The Bertz CT molecular complexity index is 964. The van der Waals surface area contributed by atoms with Crippen LogP contribution in [-0.4, -0.2) is 43.2 Å². The van der Waals surface area contributed by atoms with E-state index in [-0.39, 0.29) is 6.54 Å². The molecule has 142 valence electrons. The van der Waals surface area contributed by atoms with Crippen LogP contribution in [-0.2, 0) is 12.5 Å². The maximum atomic E-state index is 13.2. The number of halogens is 3. The smallest absolute Gasteiger partial charge is 0.380 e. The number of fused-ring (bicyclic) bond motifs is 1. The van der Waals surface area contributed by atoms with Gasteiger partial charge in [-0.1, -0.05) is 30.3 Å². The van der Waals surface area contributed by atoms with Gasteiger partial charge < -0.3 is 10.4 Å². The molecule has 27 heavy (non-hydrogen) atoms. The first-order chi connectivity index (χ1) is 12.7. The van der Waals surface area contributed by atoms with Gasteiger partial charge >= 0.3 is 6.18 Å². The molecule has 0 amide bonds. The molecular weight excluding hydrogens is 359 g/mol. The van der Waals surface area contributed by atoms with Gasteiger partial charge in [0.2, 0.25) is 0 Å². The summed E-state index contributed by atoms with van der Waals surface area (Å²) >= 11 is 0. The highest BCUT2D eigenvalue weighted by atomic mass is 19.4. The van der Waals surface area contributed by atoms with E-state index >= 15 is 0 Å². The lowest BCUT2D eigenvalue weighted by atomic mass is 9.55. The summed E-state index contributed by atoms with van der Waals surface area (Å²) in [6, 6.07) is 8.95. The maximum absolute atomic E-state index is 13.2. The number of hydrogen-bond donors (Lipinski definition) is 2. The van der Waals surface area contributed by atoms with Gasteiger partial charge in [0, 0.05) is 19.0 Å². The van der Waals surface area contributed by atoms with Crippen LogP contribution in [0, 0.1) is 0 Å². The van der Waals surface area contributed by atoms with Crippen LogP contribution in [0.15, 0.2) is 42.9 Å². The molecular formula is C18H18F3N5O. The molecule has 4 rings (SSSR count). The lowest BCUT2D eigenvalue weighted by Gasteiger charge is -2.54. The normalized spacial score (nSPS) is 25.4. The number of nitrogens with zero attached hydrogens (tertiary/aromatic N) is 4. The van der Waals surface area contributed by atoms with Crippen molar-refractivity contribution < 1.29 is 18.3 Å². The van der Waals surface area contributed by atoms with Gasteiger partial charge in [-0.3, -0.25) is 4.68 Å². The fourth-order valence-electron chi connectivity index (χ4n) is 3.85. The van der Waals surface area contributed by atoms with E-state index in [1.54, 1.807) is 42.2 Å². The molecule has 0 bridgehead atoms. The Kier molecular flexibility index (Phi) is 3.88. The Morgan fingerprint density at radius 3 is 2.56 bits per heavy atom. The van der Waals surface area contributed by atoms with E-state index in [1.165, 1.54) is 6.33 Å². The first-order valence-corrected chi connectivity index (χ1v) is 8.45. The highest BCUT2D eigenvalue weighted by Gasteiger charge is 2.67. The minimum absolute atomic E-state index is 0.205. The number of benzene rings is 1. The van der Waals surface area contributed by atoms with Crippen molar-refractivity contribution >= 4 is 16.9 Å². The van der Waals surface area contributed by atoms with E-state index < -0.39 is 30.0 Å². The van der Waals surface area contributed by atoms with Gasteiger partial charge in [0.25, 0.3) is 0 Å². The predicted molar refractivity (Wildman–Crippen MR) is 93.2 cm³/mol. The Morgan fingerprint density at radius 1 is 1.19 bits per heavy atom. The third-order valence-electron chi connectivity index (χ3n) is 5.30. The molecule has 1 aliphatic rings.